The number of nitrogens with two attached hydrogens (primary N) is 1. The lowest BCUT2D eigenvalue weighted by Crippen LogP contribution is -2.07. The minimum absolute atomic E-state index is 0.364. The molecule has 4 nitrogen and oxygen atoms in total. The van der Waals surface area contributed by atoms with Crippen LogP contribution in [0.25, 0.3) is 11.3 Å². The molecule has 1 aromatic heterocycles. The summed E-state index contributed by atoms with van der Waals surface area (Å²) in [6.45, 7) is 2.60. The van der Waals surface area contributed by atoms with Gasteiger partial charge in [0, 0.05) is 10.6 Å². The van der Waals surface area contributed by atoms with Crippen LogP contribution in [0.15, 0.2) is 24.3 Å². The fourth-order valence-electron chi connectivity index (χ4n) is 2.20. The second-order valence-electron chi connectivity index (χ2n) is 5.33. The molecule has 0 aliphatic heterocycles. The second-order valence-corrected chi connectivity index (χ2v) is 6.54. The molecule has 0 bridgehead atoms. The number of aromatic nitrogens is 1. The third-order valence-electron chi connectivity index (χ3n) is 3.51. The quantitative estimate of drug-likeness (QED) is 0.525. The van der Waals surface area contributed by atoms with Crippen LogP contribution in [0.3, 0.4) is 0 Å². The maximum absolute atomic E-state index is 12.1. The SMILES string of the molecule is CCCCCCCOC(=O)c1snc(-c2ccc(Cl)cc2)c1N. The number of anilines is 1. The first-order chi connectivity index (χ1) is 11.1. The molecule has 1 aromatic carbocycles. The number of halogens is 1. The van der Waals surface area contributed by atoms with E-state index in [2.05, 4.69) is 11.3 Å². The number of hydrogen-bond donors (Lipinski definition) is 1. The van der Waals surface area contributed by atoms with E-state index in [1.54, 1.807) is 12.1 Å². The van der Waals surface area contributed by atoms with Crippen molar-refractivity contribution in [2.75, 3.05) is 12.3 Å². The van der Waals surface area contributed by atoms with E-state index >= 15 is 0 Å². The molecule has 0 spiro atoms. The van der Waals surface area contributed by atoms with Gasteiger partial charge in [0.15, 0.2) is 4.88 Å². The molecule has 0 amide bonds. The summed E-state index contributed by atoms with van der Waals surface area (Å²) in [5.41, 5.74) is 7.86. The van der Waals surface area contributed by atoms with Crippen LogP contribution in [-0.2, 0) is 4.74 Å². The van der Waals surface area contributed by atoms with Gasteiger partial charge < -0.3 is 10.5 Å². The molecule has 2 rings (SSSR count). The first-order valence-corrected chi connectivity index (χ1v) is 8.96. The Kier molecular flexibility index (Phi) is 6.86. The van der Waals surface area contributed by atoms with Gasteiger partial charge in [-0.3, -0.25) is 0 Å². The molecule has 0 saturated carbocycles. The first-order valence-electron chi connectivity index (χ1n) is 7.81. The number of nitrogen functional groups attached to an aromatic ring is 1. The van der Waals surface area contributed by atoms with Crippen LogP contribution < -0.4 is 5.73 Å². The van der Waals surface area contributed by atoms with Gasteiger partial charge in [0.25, 0.3) is 0 Å². The summed E-state index contributed by atoms with van der Waals surface area (Å²) in [5, 5.41) is 0.644. The monoisotopic (exact) mass is 352 g/mol. The molecule has 0 unspecified atom stereocenters. The third-order valence-corrected chi connectivity index (χ3v) is 4.61. The van der Waals surface area contributed by atoms with Crippen molar-refractivity contribution in [1.82, 2.24) is 4.37 Å². The molecule has 1 heterocycles. The Morgan fingerprint density at radius 2 is 1.91 bits per heavy atom. The number of rotatable bonds is 8. The average Bonchev–Trinajstić information content (AvgIpc) is 2.93. The topological polar surface area (TPSA) is 65.2 Å². The predicted octanol–water partition coefficient (Wildman–Crippen LogP) is 5.17. The summed E-state index contributed by atoms with van der Waals surface area (Å²) in [7, 11) is 0. The van der Waals surface area contributed by atoms with E-state index in [-0.39, 0.29) is 0 Å². The van der Waals surface area contributed by atoms with E-state index in [0.717, 1.165) is 29.9 Å². The van der Waals surface area contributed by atoms with Gasteiger partial charge in [-0.25, -0.2) is 4.79 Å². The van der Waals surface area contributed by atoms with Crippen LogP contribution in [0.1, 0.15) is 48.7 Å². The second kappa shape index (κ2) is 8.89. The zero-order chi connectivity index (χ0) is 16.7. The van der Waals surface area contributed by atoms with Crippen molar-refractivity contribution in [1.29, 1.82) is 0 Å². The van der Waals surface area contributed by atoms with Crippen LogP contribution in [0, 0.1) is 0 Å². The molecule has 0 aliphatic carbocycles. The van der Waals surface area contributed by atoms with Crippen LogP contribution >= 0.6 is 23.1 Å². The van der Waals surface area contributed by atoms with Gasteiger partial charge in [-0.1, -0.05) is 56.3 Å². The van der Waals surface area contributed by atoms with Gasteiger partial charge in [0.2, 0.25) is 0 Å². The number of carbonyl (C=O) groups is 1. The summed E-state index contributed by atoms with van der Waals surface area (Å²) < 4.78 is 9.57. The van der Waals surface area contributed by atoms with Gasteiger partial charge in [0.05, 0.1) is 12.3 Å². The van der Waals surface area contributed by atoms with Gasteiger partial charge in [-0.15, -0.1) is 0 Å². The Morgan fingerprint density at radius 1 is 1.22 bits per heavy atom. The van der Waals surface area contributed by atoms with Gasteiger partial charge in [-0.2, -0.15) is 4.37 Å². The molecular weight excluding hydrogens is 332 g/mol. The normalized spacial score (nSPS) is 10.7. The number of carbonyl (C=O) groups excluding carboxylic acids is 1. The van der Waals surface area contributed by atoms with E-state index in [0.29, 0.717) is 27.9 Å². The summed E-state index contributed by atoms with van der Waals surface area (Å²) >= 11 is 6.95. The van der Waals surface area contributed by atoms with Crippen molar-refractivity contribution in [2.45, 2.75) is 39.0 Å². The van der Waals surface area contributed by atoms with Crippen LogP contribution in [0.4, 0.5) is 5.69 Å². The maximum atomic E-state index is 12.1. The molecule has 0 atom stereocenters. The number of hydrogen-bond acceptors (Lipinski definition) is 5. The lowest BCUT2D eigenvalue weighted by atomic mass is 10.1. The van der Waals surface area contributed by atoms with Crippen molar-refractivity contribution >= 4 is 34.8 Å². The highest BCUT2D eigenvalue weighted by Crippen LogP contribution is 2.31. The Hall–Kier alpha value is -1.59. The van der Waals surface area contributed by atoms with Crippen molar-refractivity contribution in [3.63, 3.8) is 0 Å². The summed E-state index contributed by atoms with van der Waals surface area (Å²) in [5.74, 6) is -0.393. The van der Waals surface area contributed by atoms with Crippen LogP contribution in [0.2, 0.25) is 5.02 Å². The van der Waals surface area contributed by atoms with Crippen molar-refractivity contribution in [3.8, 4) is 11.3 Å². The lowest BCUT2D eigenvalue weighted by Gasteiger charge is -2.04. The Morgan fingerprint density at radius 3 is 2.61 bits per heavy atom. The Bertz CT molecular complexity index is 641. The zero-order valence-electron chi connectivity index (χ0n) is 13.2. The Balaban J connectivity index is 1.93. The summed E-state index contributed by atoms with van der Waals surface area (Å²) in [6, 6.07) is 7.20. The van der Waals surface area contributed by atoms with E-state index in [4.69, 9.17) is 22.1 Å². The smallest absolute Gasteiger partial charge is 0.352 e. The molecule has 0 saturated heterocycles. The predicted molar refractivity (Wildman–Crippen MR) is 96.0 cm³/mol. The zero-order valence-corrected chi connectivity index (χ0v) is 14.8. The highest BCUT2D eigenvalue weighted by molar-refractivity contribution is 7.09. The van der Waals surface area contributed by atoms with E-state index in [1.165, 1.54) is 19.3 Å². The molecule has 0 fully saturated rings. The van der Waals surface area contributed by atoms with Crippen LogP contribution in [-0.4, -0.2) is 16.9 Å². The minimum atomic E-state index is -0.393. The first kappa shape index (κ1) is 17.8. The number of nitrogens with zero attached hydrogens (tertiary/aromatic N) is 1. The average molecular weight is 353 g/mol. The molecule has 6 heteroatoms. The molecule has 23 heavy (non-hydrogen) atoms. The molecule has 2 aromatic rings. The minimum Gasteiger partial charge on any atom is -0.461 e. The maximum Gasteiger partial charge on any atom is 0.352 e. The molecule has 124 valence electrons. The fourth-order valence-corrected chi connectivity index (χ4v) is 3.04. The highest BCUT2D eigenvalue weighted by Gasteiger charge is 2.19. The van der Waals surface area contributed by atoms with Crippen molar-refractivity contribution in [3.05, 3.63) is 34.2 Å². The largest absolute Gasteiger partial charge is 0.461 e. The standard InChI is InChI=1S/C17H21ClN2O2S/c1-2-3-4-5-6-11-22-17(21)16-14(19)15(20-23-16)12-7-9-13(18)10-8-12/h7-10H,2-6,11,19H2,1H3. The number of benzene rings is 1. The van der Waals surface area contributed by atoms with Crippen molar-refractivity contribution in [2.24, 2.45) is 0 Å². The van der Waals surface area contributed by atoms with Gasteiger partial charge in [-0.05, 0) is 30.1 Å². The molecule has 0 aliphatic rings. The highest BCUT2D eigenvalue weighted by atomic mass is 35.5. The molecular formula is C17H21ClN2O2S. The number of unbranched alkanes of at least 4 members (excludes halogenated alkanes) is 4. The Labute approximate surface area is 145 Å². The molecule has 0 radical (unpaired) electrons. The van der Waals surface area contributed by atoms with E-state index < -0.39 is 5.97 Å². The number of esters is 1. The van der Waals surface area contributed by atoms with E-state index in [9.17, 15) is 4.79 Å². The van der Waals surface area contributed by atoms with Gasteiger partial charge in [0.1, 0.15) is 5.69 Å². The summed E-state index contributed by atoms with van der Waals surface area (Å²) in [6.07, 6.45) is 5.56. The lowest BCUT2D eigenvalue weighted by molar-refractivity contribution is 0.0504. The van der Waals surface area contributed by atoms with Crippen molar-refractivity contribution < 1.29 is 9.53 Å². The number of ether oxygens (including phenoxy) is 1. The van der Waals surface area contributed by atoms with Gasteiger partial charge >= 0.3 is 5.97 Å². The third kappa shape index (κ3) is 4.94. The fraction of sp³-hybridized carbons (Fsp3) is 0.412. The molecule has 2 N–H and O–H groups in total. The van der Waals surface area contributed by atoms with Crippen LogP contribution in [0.5, 0.6) is 0 Å². The van der Waals surface area contributed by atoms with E-state index in [1.807, 2.05) is 12.1 Å². The summed E-state index contributed by atoms with van der Waals surface area (Å²) in [4.78, 5) is 12.5.